The molecule has 0 atom stereocenters. The molecule has 0 aliphatic carbocycles. The van der Waals surface area contributed by atoms with Gasteiger partial charge in [0, 0.05) is 6.61 Å². The van der Waals surface area contributed by atoms with Gasteiger partial charge in [0.15, 0.2) is 0 Å². The zero-order chi connectivity index (χ0) is 16.0. The van der Waals surface area contributed by atoms with Crippen LogP contribution in [0.5, 0.6) is 0 Å². The van der Waals surface area contributed by atoms with Crippen LogP contribution in [0, 0.1) is 0 Å². The maximum Gasteiger partial charge on any atom is 0.338 e. The molecule has 0 saturated heterocycles. The molecule has 1 aromatic carbocycles. The van der Waals surface area contributed by atoms with Crippen molar-refractivity contribution in [2.45, 2.75) is 58.8 Å². The second kappa shape index (κ2) is 12.2. The van der Waals surface area contributed by atoms with Crippen LogP contribution in [0.15, 0.2) is 24.3 Å². The van der Waals surface area contributed by atoms with Crippen LogP contribution in [0.3, 0.4) is 0 Å². The fraction of sp³-hybridized carbons (Fsp3) is 0.632. The molecule has 1 rings (SSSR count). The standard InChI is InChI=1S/C19H30O3/c1-3-5-6-7-10-14-21-15-16-22-19(20)18-13-9-8-12-17(18)11-4-2/h8-9,12-13H,3-7,10-11,14-16H2,1-2H3. The van der Waals surface area contributed by atoms with Crippen LogP contribution in [-0.4, -0.2) is 25.8 Å². The molecule has 0 saturated carbocycles. The Bertz CT molecular complexity index is 415. The minimum atomic E-state index is -0.240. The van der Waals surface area contributed by atoms with Crippen molar-refractivity contribution in [2.24, 2.45) is 0 Å². The first kappa shape index (κ1) is 18.7. The van der Waals surface area contributed by atoms with Gasteiger partial charge in [-0.05, 0) is 24.5 Å². The number of rotatable bonds is 12. The summed E-state index contributed by atoms with van der Waals surface area (Å²) in [5.41, 5.74) is 1.75. The summed E-state index contributed by atoms with van der Waals surface area (Å²) in [6, 6.07) is 7.67. The Morgan fingerprint density at radius 1 is 0.909 bits per heavy atom. The van der Waals surface area contributed by atoms with E-state index in [0.717, 1.165) is 31.4 Å². The largest absolute Gasteiger partial charge is 0.460 e. The van der Waals surface area contributed by atoms with Gasteiger partial charge in [0.2, 0.25) is 0 Å². The molecule has 0 unspecified atom stereocenters. The Morgan fingerprint density at radius 2 is 1.68 bits per heavy atom. The van der Waals surface area contributed by atoms with Gasteiger partial charge in [0.05, 0.1) is 12.2 Å². The summed E-state index contributed by atoms with van der Waals surface area (Å²) in [6.45, 7) is 5.89. The van der Waals surface area contributed by atoms with Crippen LogP contribution >= 0.6 is 0 Å². The average Bonchev–Trinajstić information content (AvgIpc) is 2.54. The summed E-state index contributed by atoms with van der Waals surface area (Å²) in [6.07, 6.45) is 8.07. The molecule has 0 fully saturated rings. The Morgan fingerprint density at radius 3 is 2.45 bits per heavy atom. The Hall–Kier alpha value is -1.35. The Balaban J connectivity index is 2.16. The first-order chi connectivity index (χ1) is 10.8. The van der Waals surface area contributed by atoms with Crippen LogP contribution in [0.25, 0.3) is 0 Å². The highest BCUT2D eigenvalue weighted by atomic mass is 16.6. The minimum absolute atomic E-state index is 0.240. The van der Waals surface area contributed by atoms with E-state index in [2.05, 4.69) is 13.8 Å². The van der Waals surface area contributed by atoms with E-state index in [0.29, 0.717) is 18.8 Å². The zero-order valence-corrected chi connectivity index (χ0v) is 14.1. The fourth-order valence-corrected chi connectivity index (χ4v) is 2.39. The third-order valence-electron chi connectivity index (χ3n) is 3.61. The molecule has 0 spiro atoms. The van der Waals surface area contributed by atoms with Gasteiger partial charge in [-0.15, -0.1) is 0 Å². The minimum Gasteiger partial charge on any atom is -0.460 e. The van der Waals surface area contributed by atoms with Gasteiger partial charge in [0.1, 0.15) is 6.61 Å². The van der Waals surface area contributed by atoms with Gasteiger partial charge < -0.3 is 9.47 Å². The molecular weight excluding hydrogens is 276 g/mol. The number of esters is 1. The summed E-state index contributed by atoms with van der Waals surface area (Å²) < 4.78 is 10.8. The second-order valence-corrected chi connectivity index (χ2v) is 5.57. The third kappa shape index (κ3) is 7.60. The molecule has 3 heteroatoms. The van der Waals surface area contributed by atoms with E-state index in [9.17, 15) is 4.79 Å². The van der Waals surface area contributed by atoms with Crippen LogP contribution < -0.4 is 0 Å². The van der Waals surface area contributed by atoms with Crippen LogP contribution in [0.4, 0.5) is 0 Å². The zero-order valence-electron chi connectivity index (χ0n) is 14.1. The van der Waals surface area contributed by atoms with Crippen molar-refractivity contribution in [3.63, 3.8) is 0 Å². The van der Waals surface area contributed by atoms with Crippen LogP contribution in [0.1, 0.15) is 68.3 Å². The molecular formula is C19H30O3. The Labute approximate surface area is 135 Å². The predicted octanol–water partition coefficient (Wildman–Crippen LogP) is 4.78. The van der Waals surface area contributed by atoms with Crippen molar-refractivity contribution in [3.8, 4) is 0 Å². The van der Waals surface area contributed by atoms with E-state index >= 15 is 0 Å². The third-order valence-corrected chi connectivity index (χ3v) is 3.61. The van der Waals surface area contributed by atoms with E-state index in [1.807, 2.05) is 24.3 Å². The number of hydrogen-bond donors (Lipinski definition) is 0. The molecule has 0 N–H and O–H groups in total. The highest BCUT2D eigenvalue weighted by molar-refractivity contribution is 5.91. The predicted molar refractivity (Wildman–Crippen MR) is 90.3 cm³/mol. The van der Waals surface area contributed by atoms with Crippen molar-refractivity contribution in [1.29, 1.82) is 0 Å². The highest BCUT2D eigenvalue weighted by Gasteiger charge is 2.11. The molecule has 0 heterocycles. The lowest BCUT2D eigenvalue weighted by molar-refractivity contribution is 0.0311. The van der Waals surface area contributed by atoms with Gasteiger partial charge >= 0.3 is 5.97 Å². The fourth-order valence-electron chi connectivity index (χ4n) is 2.39. The van der Waals surface area contributed by atoms with Gasteiger partial charge in [-0.3, -0.25) is 0 Å². The van der Waals surface area contributed by atoms with E-state index in [1.165, 1.54) is 25.7 Å². The maximum absolute atomic E-state index is 12.1. The quantitative estimate of drug-likeness (QED) is 0.412. The van der Waals surface area contributed by atoms with E-state index < -0.39 is 0 Å². The van der Waals surface area contributed by atoms with Crippen molar-refractivity contribution in [1.82, 2.24) is 0 Å². The summed E-state index contributed by atoms with van der Waals surface area (Å²) in [7, 11) is 0. The number of hydrogen-bond acceptors (Lipinski definition) is 3. The first-order valence-corrected chi connectivity index (χ1v) is 8.62. The van der Waals surface area contributed by atoms with Crippen molar-refractivity contribution in [2.75, 3.05) is 19.8 Å². The van der Waals surface area contributed by atoms with E-state index in [4.69, 9.17) is 9.47 Å². The maximum atomic E-state index is 12.1. The van der Waals surface area contributed by atoms with Gasteiger partial charge in [-0.1, -0.05) is 64.2 Å². The molecule has 0 amide bonds. The van der Waals surface area contributed by atoms with Gasteiger partial charge in [-0.2, -0.15) is 0 Å². The lowest BCUT2D eigenvalue weighted by Gasteiger charge is -2.09. The second-order valence-electron chi connectivity index (χ2n) is 5.57. The Kier molecular flexibility index (Phi) is 10.4. The van der Waals surface area contributed by atoms with Gasteiger partial charge in [0.25, 0.3) is 0 Å². The van der Waals surface area contributed by atoms with E-state index in [-0.39, 0.29) is 5.97 Å². The lowest BCUT2D eigenvalue weighted by atomic mass is 10.0. The number of carbonyl (C=O) groups excluding carboxylic acids is 1. The normalized spacial score (nSPS) is 10.6. The molecule has 1 aromatic rings. The molecule has 3 nitrogen and oxygen atoms in total. The van der Waals surface area contributed by atoms with E-state index in [1.54, 1.807) is 0 Å². The number of aryl methyl sites for hydroxylation is 1. The SMILES string of the molecule is CCCCCCCOCCOC(=O)c1ccccc1CCC. The number of carbonyl (C=O) groups is 1. The van der Waals surface area contributed by atoms with Crippen LogP contribution in [0.2, 0.25) is 0 Å². The summed E-state index contributed by atoms with van der Waals surface area (Å²) in [4.78, 5) is 12.1. The smallest absolute Gasteiger partial charge is 0.338 e. The molecule has 0 radical (unpaired) electrons. The summed E-state index contributed by atoms with van der Waals surface area (Å²) in [5.74, 6) is -0.240. The molecule has 22 heavy (non-hydrogen) atoms. The molecule has 124 valence electrons. The van der Waals surface area contributed by atoms with Crippen molar-refractivity contribution in [3.05, 3.63) is 35.4 Å². The lowest BCUT2D eigenvalue weighted by Crippen LogP contribution is -2.13. The van der Waals surface area contributed by atoms with Crippen molar-refractivity contribution < 1.29 is 14.3 Å². The molecule has 0 aliphatic rings. The number of benzene rings is 1. The van der Waals surface area contributed by atoms with Crippen LogP contribution in [-0.2, 0) is 15.9 Å². The number of ether oxygens (including phenoxy) is 2. The average molecular weight is 306 g/mol. The first-order valence-electron chi connectivity index (χ1n) is 8.62. The molecule has 0 aromatic heterocycles. The summed E-state index contributed by atoms with van der Waals surface area (Å²) >= 11 is 0. The topological polar surface area (TPSA) is 35.5 Å². The van der Waals surface area contributed by atoms with Crippen molar-refractivity contribution >= 4 is 5.97 Å². The van der Waals surface area contributed by atoms with Gasteiger partial charge in [-0.25, -0.2) is 4.79 Å². The molecule has 0 bridgehead atoms. The number of unbranched alkanes of at least 4 members (excludes halogenated alkanes) is 4. The highest BCUT2D eigenvalue weighted by Crippen LogP contribution is 2.12. The summed E-state index contributed by atoms with van der Waals surface area (Å²) in [5, 5.41) is 0. The molecule has 0 aliphatic heterocycles. The monoisotopic (exact) mass is 306 g/mol.